The van der Waals surface area contributed by atoms with Gasteiger partial charge in [-0.15, -0.1) is 0 Å². The Morgan fingerprint density at radius 3 is 2.81 bits per heavy atom. The highest BCUT2D eigenvalue weighted by molar-refractivity contribution is 14.1. The van der Waals surface area contributed by atoms with Crippen LogP contribution in [0.5, 0.6) is 0 Å². The summed E-state index contributed by atoms with van der Waals surface area (Å²) in [5, 5.41) is 0.598. The monoisotopic (exact) mass is 412 g/mol. The van der Waals surface area contributed by atoms with Crippen molar-refractivity contribution < 1.29 is 0 Å². The topological polar surface area (TPSA) is 25.8 Å². The number of rotatable bonds is 3. The predicted molar refractivity (Wildman–Crippen MR) is 94.9 cm³/mol. The summed E-state index contributed by atoms with van der Waals surface area (Å²) >= 11 is 8.61. The quantitative estimate of drug-likeness (QED) is 0.523. The maximum Gasteiger partial charge on any atom is 0.146 e. The first-order chi connectivity index (χ1) is 10.1. The van der Waals surface area contributed by atoms with Gasteiger partial charge >= 0.3 is 0 Å². The zero-order valence-corrected chi connectivity index (χ0v) is 15.1. The van der Waals surface area contributed by atoms with Gasteiger partial charge in [-0.2, -0.15) is 0 Å². The molecule has 1 unspecified atom stereocenters. The predicted octanol–water partition coefficient (Wildman–Crippen LogP) is 5.01. The normalized spacial score (nSPS) is 17.3. The highest BCUT2D eigenvalue weighted by Gasteiger charge is 2.27. The molecule has 0 aliphatic heterocycles. The van der Waals surface area contributed by atoms with E-state index in [9.17, 15) is 0 Å². The van der Waals surface area contributed by atoms with Gasteiger partial charge in [0.1, 0.15) is 11.0 Å². The molecule has 0 bridgehead atoms. The van der Waals surface area contributed by atoms with Crippen LogP contribution in [-0.2, 0) is 12.8 Å². The van der Waals surface area contributed by atoms with E-state index in [-0.39, 0.29) is 0 Å². The number of aromatic nitrogens is 2. The molecule has 0 N–H and O–H groups in total. The van der Waals surface area contributed by atoms with Gasteiger partial charge in [-0.05, 0) is 58.9 Å². The Kier molecular flexibility index (Phi) is 4.50. The largest absolute Gasteiger partial charge is 0.236 e. The second kappa shape index (κ2) is 6.21. The Balaban J connectivity index is 2.02. The molecule has 0 spiro atoms. The molecule has 1 aromatic carbocycles. The van der Waals surface area contributed by atoms with Gasteiger partial charge in [-0.3, -0.25) is 0 Å². The average molecular weight is 413 g/mol. The van der Waals surface area contributed by atoms with E-state index in [4.69, 9.17) is 16.6 Å². The van der Waals surface area contributed by atoms with Gasteiger partial charge in [0.2, 0.25) is 0 Å². The van der Waals surface area contributed by atoms with Crippen molar-refractivity contribution >= 4 is 34.2 Å². The zero-order valence-electron chi connectivity index (χ0n) is 12.2. The number of benzene rings is 1. The fraction of sp³-hybridized carbons (Fsp3) is 0.412. The van der Waals surface area contributed by atoms with Crippen LogP contribution in [-0.4, -0.2) is 9.97 Å². The summed E-state index contributed by atoms with van der Waals surface area (Å²) in [5.41, 5.74) is 3.88. The highest BCUT2D eigenvalue weighted by atomic mass is 127. The van der Waals surface area contributed by atoms with Gasteiger partial charge in [-0.1, -0.05) is 49.7 Å². The number of aryl methyl sites for hydroxylation is 1. The van der Waals surface area contributed by atoms with Crippen LogP contribution in [0, 0.1) is 9.49 Å². The molecular weight excluding hydrogens is 395 g/mol. The second-order valence-electron chi connectivity index (χ2n) is 6.02. The minimum Gasteiger partial charge on any atom is -0.236 e. The minimum atomic E-state index is 0.293. The van der Waals surface area contributed by atoms with Crippen molar-refractivity contribution in [1.29, 1.82) is 0 Å². The molecule has 0 fully saturated rings. The lowest BCUT2D eigenvalue weighted by Gasteiger charge is -2.14. The minimum absolute atomic E-state index is 0.293. The van der Waals surface area contributed by atoms with Crippen LogP contribution >= 0.6 is 34.2 Å². The lowest BCUT2D eigenvalue weighted by Crippen LogP contribution is -2.10. The Morgan fingerprint density at radius 1 is 1.29 bits per heavy atom. The van der Waals surface area contributed by atoms with Gasteiger partial charge in [0.05, 0.1) is 9.26 Å². The lowest BCUT2D eigenvalue weighted by atomic mass is 10.00. The molecule has 4 heteroatoms. The van der Waals surface area contributed by atoms with E-state index in [0.29, 0.717) is 17.0 Å². The first kappa shape index (κ1) is 15.2. The van der Waals surface area contributed by atoms with Crippen LogP contribution < -0.4 is 0 Å². The molecule has 1 aromatic heterocycles. The molecule has 1 heterocycles. The number of hydrogen-bond acceptors (Lipinski definition) is 2. The summed E-state index contributed by atoms with van der Waals surface area (Å²) < 4.78 is 0.998. The summed E-state index contributed by atoms with van der Waals surface area (Å²) in [6.45, 7) is 4.41. The van der Waals surface area contributed by atoms with Crippen molar-refractivity contribution in [2.24, 2.45) is 5.92 Å². The van der Waals surface area contributed by atoms with Crippen molar-refractivity contribution in [2.75, 3.05) is 0 Å². The first-order valence-corrected chi connectivity index (χ1v) is 8.81. The summed E-state index contributed by atoms with van der Waals surface area (Å²) in [5.74, 6) is 1.75. The lowest BCUT2D eigenvalue weighted by molar-refractivity contribution is 0.621. The van der Waals surface area contributed by atoms with Crippen LogP contribution in [0.25, 0.3) is 0 Å². The third-order valence-corrected chi connectivity index (χ3v) is 5.67. The third-order valence-electron chi connectivity index (χ3n) is 3.94. The van der Waals surface area contributed by atoms with E-state index >= 15 is 0 Å². The van der Waals surface area contributed by atoms with Crippen LogP contribution in [0.4, 0.5) is 0 Å². The van der Waals surface area contributed by atoms with Crippen LogP contribution in [0.3, 0.4) is 0 Å². The van der Waals surface area contributed by atoms with Gasteiger partial charge in [0.15, 0.2) is 0 Å². The van der Waals surface area contributed by atoms with Crippen molar-refractivity contribution in [3.8, 4) is 0 Å². The standard InChI is InChI=1S/C17H18ClIN2/c1-10(2)9-14-15(19)16(18)21-17(20-14)13-8-7-11-5-3-4-6-12(11)13/h3-6,10,13H,7-9H2,1-2H3. The molecule has 1 aliphatic carbocycles. The smallest absolute Gasteiger partial charge is 0.146 e. The fourth-order valence-corrected chi connectivity index (χ4v) is 3.64. The first-order valence-electron chi connectivity index (χ1n) is 7.36. The number of halogens is 2. The van der Waals surface area contributed by atoms with E-state index in [1.165, 1.54) is 11.1 Å². The summed E-state index contributed by atoms with van der Waals surface area (Å²) in [7, 11) is 0. The van der Waals surface area contributed by atoms with Crippen molar-refractivity contribution in [3.05, 3.63) is 55.6 Å². The summed E-state index contributed by atoms with van der Waals surface area (Å²) in [4.78, 5) is 9.42. The van der Waals surface area contributed by atoms with E-state index in [1.807, 2.05) is 0 Å². The van der Waals surface area contributed by atoms with Crippen LogP contribution in [0.2, 0.25) is 5.15 Å². The highest BCUT2D eigenvalue weighted by Crippen LogP contribution is 2.37. The van der Waals surface area contributed by atoms with Gasteiger partial charge < -0.3 is 0 Å². The third kappa shape index (κ3) is 3.09. The summed E-state index contributed by atoms with van der Waals surface area (Å²) in [6.07, 6.45) is 3.13. The molecule has 0 amide bonds. The molecule has 21 heavy (non-hydrogen) atoms. The molecule has 110 valence electrons. The van der Waals surface area contributed by atoms with E-state index in [0.717, 1.165) is 34.4 Å². The Labute approximate surface area is 144 Å². The van der Waals surface area contributed by atoms with Gasteiger partial charge in [-0.25, -0.2) is 9.97 Å². The maximum atomic E-state index is 6.35. The molecular formula is C17H18ClIN2. The Morgan fingerprint density at radius 2 is 2.05 bits per heavy atom. The number of hydrogen-bond donors (Lipinski definition) is 0. The Bertz CT molecular complexity index is 670. The number of fused-ring (bicyclic) bond motifs is 1. The fourth-order valence-electron chi connectivity index (χ4n) is 2.98. The molecule has 2 nitrogen and oxygen atoms in total. The van der Waals surface area contributed by atoms with Gasteiger partial charge in [0, 0.05) is 5.92 Å². The number of nitrogens with zero attached hydrogens (tertiary/aromatic N) is 2. The van der Waals surface area contributed by atoms with Crippen molar-refractivity contribution in [2.45, 2.75) is 39.0 Å². The maximum absolute atomic E-state index is 6.35. The summed E-state index contributed by atoms with van der Waals surface area (Å²) in [6, 6.07) is 8.61. The van der Waals surface area contributed by atoms with E-state index in [1.54, 1.807) is 0 Å². The molecule has 0 saturated carbocycles. The average Bonchev–Trinajstić information content (AvgIpc) is 2.87. The van der Waals surface area contributed by atoms with Crippen molar-refractivity contribution in [3.63, 3.8) is 0 Å². The molecule has 0 radical (unpaired) electrons. The Hall–Kier alpha value is -0.680. The second-order valence-corrected chi connectivity index (χ2v) is 7.46. The molecule has 1 atom stereocenters. The zero-order chi connectivity index (χ0) is 15.0. The SMILES string of the molecule is CC(C)Cc1nc(C2CCc3ccccc32)nc(Cl)c1I. The molecule has 3 rings (SSSR count). The van der Waals surface area contributed by atoms with Crippen LogP contribution in [0.15, 0.2) is 24.3 Å². The van der Waals surface area contributed by atoms with E-state index in [2.05, 4.69) is 65.7 Å². The molecule has 1 aliphatic rings. The van der Waals surface area contributed by atoms with Crippen LogP contribution in [0.1, 0.15) is 48.8 Å². The van der Waals surface area contributed by atoms with Crippen molar-refractivity contribution in [1.82, 2.24) is 9.97 Å². The van der Waals surface area contributed by atoms with E-state index < -0.39 is 0 Å². The molecule has 0 saturated heterocycles. The van der Waals surface area contributed by atoms with Gasteiger partial charge in [0.25, 0.3) is 0 Å². The molecule has 2 aromatic rings.